The van der Waals surface area contributed by atoms with Crippen molar-refractivity contribution in [1.82, 2.24) is 0 Å². The lowest BCUT2D eigenvalue weighted by molar-refractivity contribution is 1.77. The molecule has 1 heterocycles. The molecule has 0 N–H and O–H groups in total. The van der Waals surface area contributed by atoms with Gasteiger partial charge in [-0.1, -0.05) is 64.5 Å². The summed E-state index contributed by atoms with van der Waals surface area (Å²) in [6.45, 7) is 0. The van der Waals surface area contributed by atoms with E-state index in [0.29, 0.717) is 0 Å². The Hall–Kier alpha value is -1.90. The van der Waals surface area contributed by atoms with Gasteiger partial charge in [-0.05, 0) is 34.4 Å². The first-order chi connectivity index (χ1) is 10.8. The largest absolute Gasteiger partial charge is 0.135 e. The van der Waals surface area contributed by atoms with Crippen LogP contribution < -0.4 is 0 Å². The summed E-state index contributed by atoms with van der Waals surface area (Å²) >= 11 is 5.52. The fraction of sp³-hybridized carbons (Fsp3) is 0. The fourth-order valence-corrected chi connectivity index (χ4v) is 4.98. The Morgan fingerprint density at radius 3 is 2.05 bits per heavy atom. The molecule has 0 aliphatic rings. The molecule has 0 aliphatic heterocycles. The molecule has 1 aromatic heterocycles. The van der Waals surface area contributed by atoms with Crippen LogP contribution >= 0.6 is 27.3 Å². The van der Waals surface area contributed by atoms with Crippen LogP contribution in [0, 0.1) is 0 Å². The lowest BCUT2D eigenvalue weighted by Gasteiger charge is -2.07. The fourth-order valence-electron chi connectivity index (χ4n) is 3.38. The predicted octanol–water partition coefficient (Wildman–Crippen LogP) is 7.12. The van der Waals surface area contributed by atoms with Crippen LogP contribution in [0.4, 0.5) is 0 Å². The monoisotopic (exact) mass is 362 g/mol. The number of fused-ring (bicyclic) bond motifs is 8. The first-order valence-electron chi connectivity index (χ1n) is 7.24. The summed E-state index contributed by atoms with van der Waals surface area (Å²) in [4.78, 5) is 0. The van der Waals surface area contributed by atoms with Gasteiger partial charge < -0.3 is 0 Å². The van der Waals surface area contributed by atoms with Crippen molar-refractivity contribution >= 4 is 69.0 Å². The second-order valence-corrected chi connectivity index (χ2v) is 7.51. The van der Waals surface area contributed by atoms with E-state index in [1.54, 1.807) is 0 Å². The minimum atomic E-state index is 1.14. The van der Waals surface area contributed by atoms with Gasteiger partial charge in [0.05, 0.1) is 0 Å². The van der Waals surface area contributed by atoms with Gasteiger partial charge >= 0.3 is 0 Å². The molecule has 5 rings (SSSR count). The zero-order chi connectivity index (χ0) is 14.7. The molecule has 0 bridgehead atoms. The first kappa shape index (κ1) is 12.6. The molecule has 0 amide bonds. The molecule has 4 aromatic carbocycles. The summed E-state index contributed by atoms with van der Waals surface area (Å²) in [6.07, 6.45) is 0. The van der Waals surface area contributed by atoms with Crippen molar-refractivity contribution in [2.45, 2.75) is 0 Å². The smallest absolute Gasteiger partial charge is 0.0440 e. The van der Waals surface area contributed by atoms with E-state index in [2.05, 4.69) is 82.7 Å². The summed E-state index contributed by atoms with van der Waals surface area (Å²) in [5.41, 5.74) is 0. The van der Waals surface area contributed by atoms with Crippen LogP contribution in [-0.4, -0.2) is 0 Å². The van der Waals surface area contributed by atoms with Crippen molar-refractivity contribution in [2.24, 2.45) is 0 Å². The third-order valence-electron chi connectivity index (χ3n) is 4.31. The second-order valence-electron chi connectivity index (χ2n) is 5.54. The second kappa shape index (κ2) is 4.55. The molecule has 0 fully saturated rings. The molecule has 5 aromatic rings. The lowest BCUT2D eigenvalue weighted by atomic mass is 9.97. The van der Waals surface area contributed by atoms with Crippen molar-refractivity contribution in [3.8, 4) is 0 Å². The molecule has 0 saturated carbocycles. The molecular formula is C20H11BrS. The van der Waals surface area contributed by atoms with Crippen LogP contribution in [0.15, 0.2) is 71.2 Å². The normalized spacial score (nSPS) is 11.9. The first-order valence-corrected chi connectivity index (χ1v) is 8.85. The van der Waals surface area contributed by atoms with Gasteiger partial charge in [0.15, 0.2) is 0 Å². The maximum Gasteiger partial charge on any atom is 0.0440 e. The van der Waals surface area contributed by atoms with E-state index < -0.39 is 0 Å². The average molecular weight is 363 g/mol. The lowest BCUT2D eigenvalue weighted by Crippen LogP contribution is -1.79. The Kier molecular flexibility index (Phi) is 2.61. The van der Waals surface area contributed by atoms with Crippen LogP contribution in [0.2, 0.25) is 0 Å². The van der Waals surface area contributed by atoms with Crippen molar-refractivity contribution in [1.29, 1.82) is 0 Å². The van der Waals surface area contributed by atoms with Crippen molar-refractivity contribution in [2.75, 3.05) is 0 Å². The standard InChI is InChI=1S/C20H11BrS/c21-12-9-10-18-17(11-12)19-15-7-3-1-5-13(15)14-6-2-4-8-16(14)20(19)22-18/h1-11H. The van der Waals surface area contributed by atoms with E-state index >= 15 is 0 Å². The molecule has 22 heavy (non-hydrogen) atoms. The maximum absolute atomic E-state index is 3.62. The van der Waals surface area contributed by atoms with Gasteiger partial charge in [-0.3, -0.25) is 0 Å². The summed E-state index contributed by atoms with van der Waals surface area (Å²) in [5.74, 6) is 0. The van der Waals surface area contributed by atoms with E-state index in [0.717, 1.165) is 4.47 Å². The van der Waals surface area contributed by atoms with E-state index in [1.807, 2.05) is 11.3 Å². The van der Waals surface area contributed by atoms with Crippen LogP contribution in [-0.2, 0) is 0 Å². The molecule has 0 aliphatic carbocycles. The number of benzene rings is 4. The number of rotatable bonds is 0. The molecular weight excluding hydrogens is 352 g/mol. The minimum absolute atomic E-state index is 1.14. The van der Waals surface area contributed by atoms with Gasteiger partial charge in [0.1, 0.15) is 0 Å². The Labute approximate surface area is 140 Å². The van der Waals surface area contributed by atoms with Crippen LogP contribution in [0.5, 0.6) is 0 Å². The Balaban J connectivity index is 2.22. The molecule has 0 spiro atoms. The van der Waals surface area contributed by atoms with Gasteiger partial charge in [0, 0.05) is 30.0 Å². The summed E-state index contributed by atoms with van der Waals surface area (Å²) < 4.78 is 3.87. The van der Waals surface area contributed by atoms with Crippen LogP contribution in [0.3, 0.4) is 0 Å². The Bertz CT molecular complexity index is 1180. The van der Waals surface area contributed by atoms with Gasteiger partial charge in [-0.2, -0.15) is 0 Å². The summed E-state index contributed by atoms with van der Waals surface area (Å²) in [7, 11) is 0. The van der Waals surface area contributed by atoms with Gasteiger partial charge in [-0.25, -0.2) is 0 Å². The van der Waals surface area contributed by atoms with Crippen LogP contribution in [0.25, 0.3) is 41.7 Å². The third kappa shape index (κ3) is 1.62. The quantitative estimate of drug-likeness (QED) is 0.257. The molecule has 0 radical (unpaired) electrons. The van der Waals surface area contributed by atoms with Crippen molar-refractivity contribution in [3.63, 3.8) is 0 Å². The average Bonchev–Trinajstić information content (AvgIpc) is 2.94. The molecule has 0 nitrogen and oxygen atoms in total. The van der Waals surface area contributed by atoms with Gasteiger partial charge in [0.2, 0.25) is 0 Å². The zero-order valence-electron chi connectivity index (χ0n) is 11.6. The zero-order valence-corrected chi connectivity index (χ0v) is 14.0. The molecule has 0 atom stereocenters. The highest BCUT2D eigenvalue weighted by atomic mass is 79.9. The Morgan fingerprint density at radius 1 is 0.636 bits per heavy atom. The van der Waals surface area contributed by atoms with E-state index in [-0.39, 0.29) is 0 Å². The predicted molar refractivity (Wildman–Crippen MR) is 102 cm³/mol. The molecule has 2 heteroatoms. The van der Waals surface area contributed by atoms with Crippen LogP contribution in [0.1, 0.15) is 0 Å². The van der Waals surface area contributed by atoms with E-state index in [9.17, 15) is 0 Å². The van der Waals surface area contributed by atoms with Crippen molar-refractivity contribution in [3.05, 3.63) is 71.2 Å². The topological polar surface area (TPSA) is 0 Å². The van der Waals surface area contributed by atoms with E-state index in [1.165, 1.54) is 41.7 Å². The highest BCUT2D eigenvalue weighted by Gasteiger charge is 2.13. The summed E-state index contributed by atoms with van der Waals surface area (Å²) in [6, 6.07) is 24.1. The van der Waals surface area contributed by atoms with Gasteiger partial charge in [0.25, 0.3) is 0 Å². The van der Waals surface area contributed by atoms with Gasteiger partial charge in [-0.15, -0.1) is 11.3 Å². The SMILES string of the molecule is Brc1ccc2sc3c4ccccc4c4ccccc4c3c2c1. The number of halogens is 1. The van der Waals surface area contributed by atoms with E-state index in [4.69, 9.17) is 0 Å². The van der Waals surface area contributed by atoms with Crippen molar-refractivity contribution < 1.29 is 0 Å². The Morgan fingerprint density at radius 2 is 1.27 bits per heavy atom. The molecule has 0 unspecified atom stereocenters. The number of hydrogen-bond acceptors (Lipinski definition) is 1. The number of thiophene rings is 1. The maximum atomic E-state index is 3.62. The summed E-state index contributed by atoms with van der Waals surface area (Å²) in [5, 5.41) is 8.11. The molecule has 0 saturated heterocycles. The number of hydrogen-bond donors (Lipinski definition) is 0. The highest BCUT2D eigenvalue weighted by Crippen LogP contribution is 2.44. The highest BCUT2D eigenvalue weighted by molar-refractivity contribution is 9.10. The minimum Gasteiger partial charge on any atom is -0.135 e. The molecule has 104 valence electrons. The third-order valence-corrected chi connectivity index (χ3v) is 6.01.